The summed E-state index contributed by atoms with van der Waals surface area (Å²) in [5.74, 6) is -1.94. The van der Waals surface area contributed by atoms with Crippen LogP contribution in [0.2, 0.25) is 0 Å². The van der Waals surface area contributed by atoms with Crippen LogP contribution in [0.5, 0.6) is 0 Å². The van der Waals surface area contributed by atoms with Crippen LogP contribution in [0.4, 0.5) is 14.6 Å². The molecule has 0 bridgehead atoms. The molecule has 0 radical (unpaired) electrons. The Morgan fingerprint density at radius 1 is 1.15 bits per heavy atom. The maximum atomic E-state index is 13.4. The first-order valence-corrected chi connectivity index (χ1v) is 11.5. The summed E-state index contributed by atoms with van der Waals surface area (Å²) in [4.78, 5) is 32.0. The van der Waals surface area contributed by atoms with Crippen LogP contribution < -0.4 is 10.6 Å². The van der Waals surface area contributed by atoms with Crippen molar-refractivity contribution in [2.75, 3.05) is 25.0 Å². The summed E-state index contributed by atoms with van der Waals surface area (Å²) in [6.45, 7) is 9.27. The molecule has 2 N–H and O–H groups in total. The van der Waals surface area contributed by atoms with Gasteiger partial charge in [-0.2, -0.15) is 0 Å². The number of imidazole rings is 1. The van der Waals surface area contributed by atoms with Gasteiger partial charge in [0, 0.05) is 18.8 Å². The van der Waals surface area contributed by atoms with E-state index in [0.717, 1.165) is 37.8 Å². The first-order chi connectivity index (χ1) is 15.7. The standard InChI is InChI=1S/C24H33F2N5O2/c1-4-7-20(28-22(32)12-17-10-18(25)13-19(26)11-17)23(33)29-21-14-31(16-27-21)24(2,3)15-30-8-5-6-9-30/h10-11,13-14,16,20H,4-9,12,15H2,1-3H3,(H,28,32)(H,29,33). The fraction of sp³-hybridized carbons (Fsp3) is 0.542. The highest BCUT2D eigenvalue weighted by Gasteiger charge is 2.26. The van der Waals surface area contributed by atoms with Crippen LogP contribution in [0.25, 0.3) is 0 Å². The molecule has 0 spiro atoms. The average molecular weight is 462 g/mol. The van der Waals surface area contributed by atoms with Crippen LogP contribution in [-0.4, -0.2) is 51.9 Å². The minimum atomic E-state index is -0.774. The van der Waals surface area contributed by atoms with E-state index >= 15 is 0 Å². The predicted octanol–water partition coefficient (Wildman–Crippen LogP) is 3.46. The van der Waals surface area contributed by atoms with Crippen molar-refractivity contribution in [3.63, 3.8) is 0 Å². The maximum absolute atomic E-state index is 13.4. The zero-order chi connectivity index (χ0) is 24.0. The number of hydrogen-bond donors (Lipinski definition) is 2. The lowest BCUT2D eigenvalue weighted by Crippen LogP contribution is -2.44. The zero-order valence-electron chi connectivity index (χ0n) is 19.5. The molecule has 1 saturated heterocycles. The van der Waals surface area contributed by atoms with Gasteiger partial charge in [-0.05, 0) is 63.9 Å². The van der Waals surface area contributed by atoms with Gasteiger partial charge in [0.2, 0.25) is 11.8 Å². The second kappa shape index (κ2) is 10.9. The van der Waals surface area contributed by atoms with Gasteiger partial charge in [-0.3, -0.25) is 9.59 Å². The maximum Gasteiger partial charge on any atom is 0.248 e. The number of rotatable bonds is 10. The van der Waals surface area contributed by atoms with Crippen molar-refractivity contribution in [3.05, 3.63) is 47.9 Å². The highest BCUT2D eigenvalue weighted by molar-refractivity contribution is 5.96. The monoisotopic (exact) mass is 461 g/mol. The number of nitrogens with zero attached hydrogens (tertiary/aromatic N) is 3. The zero-order valence-corrected chi connectivity index (χ0v) is 19.5. The minimum absolute atomic E-state index is 0.183. The van der Waals surface area contributed by atoms with E-state index in [9.17, 15) is 18.4 Å². The third-order valence-electron chi connectivity index (χ3n) is 5.86. The van der Waals surface area contributed by atoms with Gasteiger partial charge in [0.05, 0.1) is 18.3 Å². The number of halogens is 2. The summed E-state index contributed by atoms with van der Waals surface area (Å²) in [5, 5.41) is 5.45. The van der Waals surface area contributed by atoms with Crippen molar-refractivity contribution in [2.45, 2.75) is 64.5 Å². The van der Waals surface area contributed by atoms with Crippen molar-refractivity contribution in [1.82, 2.24) is 19.8 Å². The van der Waals surface area contributed by atoms with Crippen LogP contribution in [0.15, 0.2) is 30.7 Å². The molecule has 2 heterocycles. The molecule has 1 fully saturated rings. The van der Waals surface area contributed by atoms with E-state index in [1.807, 2.05) is 11.5 Å². The molecule has 180 valence electrons. The van der Waals surface area contributed by atoms with Crippen LogP contribution in [0.3, 0.4) is 0 Å². The molecule has 1 aromatic heterocycles. The quantitative estimate of drug-likeness (QED) is 0.568. The molecule has 2 amide bonds. The number of amides is 2. The van der Waals surface area contributed by atoms with Gasteiger partial charge in [-0.15, -0.1) is 0 Å². The first-order valence-electron chi connectivity index (χ1n) is 11.5. The highest BCUT2D eigenvalue weighted by Crippen LogP contribution is 2.21. The van der Waals surface area contributed by atoms with Gasteiger partial charge in [-0.1, -0.05) is 13.3 Å². The van der Waals surface area contributed by atoms with Gasteiger partial charge < -0.3 is 20.1 Å². The molecular formula is C24H33F2N5O2. The molecule has 2 aromatic rings. The third kappa shape index (κ3) is 7.08. The van der Waals surface area contributed by atoms with Gasteiger partial charge in [-0.25, -0.2) is 13.8 Å². The van der Waals surface area contributed by atoms with Crippen molar-refractivity contribution in [3.8, 4) is 0 Å². The molecule has 7 nitrogen and oxygen atoms in total. The molecule has 1 unspecified atom stereocenters. The van der Waals surface area contributed by atoms with Crippen LogP contribution >= 0.6 is 0 Å². The van der Waals surface area contributed by atoms with Crippen LogP contribution in [0.1, 0.15) is 52.0 Å². The van der Waals surface area contributed by atoms with Crippen molar-refractivity contribution in [2.24, 2.45) is 0 Å². The van der Waals surface area contributed by atoms with E-state index in [2.05, 4.69) is 34.4 Å². The molecule has 0 aliphatic carbocycles. The lowest BCUT2D eigenvalue weighted by Gasteiger charge is -2.31. The van der Waals surface area contributed by atoms with Crippen LogP contribution in [-0.2, 0) is 21.5 Å². The molecule has 0 saturated carbocycles. The Kier molecular flexibility index (Phi) is 8.18. The Bertz CT molecular complexity index is 949. The van der Waals surface area contributed by atoms with Crippen molar-refractivity contribution in [1.29, 1.82) is 0 Å². The summed E-state index contributed by atoms with van der Waals surface area (Å²) in [5.41, 5.74) is 0.0250. The van der Waals surface area contributed by atoms with E-state index in [4.69, 9.17) is 0 Å². The smallest absolute Gasteiger partial charge is 0.248 e. The third-order valence-corrected chi connectivity index (χ3v) is 5.86. The second-order valence-corrected chi connectivity index (χ2v) is 9.31. The Labute approximate surface area is 193 Å². The SMILES string of the molecule is CCCC(NC(=O)Cc1cc(F)cc(F)c1)C(=O)Nc1cn(C(C)(C)CN2CCCC2)cn1. The number of anilines is 1. The number of carbonyl (C=O) groups excluding carboxylic acids is 2. The number of likely N-dealkylation sites (tertiary alicyclic amines) is 1. The highest BCUT2D eigenvalue weighted by atomic mass is 19.1. The molecule has 1 aliphatic heterocycles. The normalized spacial score (nSPS) is 15.4. The molecule has 1 atom stereocenters. The fourth-order valence-corrected chi connectivity index (χ4v) is 4.20. The van der Waals surface area contributed by atoms with E-state index in [1.54, 1.807) is 12.5 Å². The molecule has 9 heteroatoms. The van der Waals surface area contributed by atoms with E-state index in [1.165, 1.54) is 12.8 Å². The largest absolute Gasteiger partial charge is 0.344 e. The fourth-order valence-electron chi connectivity index (χ4n) is 4.20. The molecule has 33 heavy (non-hydrogen) atoms. The summed E-state index contributed by atoms with van der Waals surface area (Å²) < 4.78 is 28.8. The summed E-state index contributed by atoms with van der Waals surface area (Å²) >= 11 is 0. The molecule has 1 aromatic carbocycles. The summed E-state index contributed by atoms with van der Waals surface area (Å²) in [6.07, 6.45) is 6.83. The average Bonchev–Trinajstić information content (AvgIpc) is 3.39. The Morgan fingerprint density at radius 2 is 1.82 bits per heavy atom. The lowest BCUT2D eigenvalue weighted by molar-refractivity contribution is -0.126. The topological polar surface area (TPSA) is 79.3 Å². The molecule has 3 rings (SSSR count). The van der Waals surface area contributed by atoms with Gasteiger partial charge in [0.1, 0.15) is 17.7 Å². The van der Waals surface area contributed by atoms with E-state index < -0.39 is 23.6 Å². The first kappa shape index (κ1) is 24.8. The predicted molar refractivity (Wildman–Crippen MR) is 123 cm³/mol. The van der Waals surface area contributed by atoms with Gasteiger partial charge >= 0.3 is 0 Å². The van der Waals surface area contributed by atoms with Crippen molar-refractivity contribution >= 4 is 17.6 Å². The Hall–Kier alpha value is -2.81. The van der Waals surface area contributed by atoms with E-state index in [-0.39, 0.29) is 23.4 Å². The minimum Gasteiger partial charge on any atom is -0.344 e. The lowest BCUT2D eigenvalue weighted by atomic mass is 10.1. The Balaban J connectivity index is 1.60. The molecular weight excluding hydrogens is 428 g/mol. The summed E-state index contributed by atoms with van der Waals surface area (Å²) in [6, 6.07) is 2.19. The Morgan fingerprint density at radius 3 is 2.45 bits per heavy atom. The number of aromatic nitrogens is 2. The molecule has 1 aliphatic rings. The van der Waals surface area contributed by atoms with Gasteiger partial charge in [0.25, 0.3) is 0 Å². The van der Waals surface area contributed by atoms with Gasteiger partial charge in [0.15, 0.2) is 5.82 Å². The number of hydrogen-bond acceptors (Lipinski definition) is 4. The number of carbonyl (C=O) groups is 2. The second-order valence-electron chi connectivity index (χ2n) is 9.31. The summed E-state index contributed by atoms with van der Waals surface area (Å²) in [7, 11) is 0. The van der Waals surface area contributed by atoms with Crippen LogP contribution in [0, 0.1) is 11.6 Å². The number of nitrogens with one attached hydrogen (secondary N) is 2. The number of benzene rings is 1. The van der Waals surface area contributed by atoms with Crippen molar-refractivity contribution < 1.29 is 18.4 Å². The van der Waals surface area contributed by atoms with E-state index in [0.29, 0.717) is 18.7 Å².